The Labute approximate surface area is 87.8 Å². The summed E-state index contributed by atoms with van der Waals surface area (Å²) in [5.41, 5.74) is 6.31. The van der Waals surface area contributed by atoms with Gasteiger partial charge in [-0.2, -0.15) is 0 Å². The molecule has 0 spiro atoms. The van der Waals surface area contributed by atoms with E-state index in [-0.39, 0.29) is 5.54 Å². The van der Waals surface area contributed by atoms with Crippen LogP contribution in [0.2, 0.25) is 0 Å². The standard InChI is InChI=1S/C12H24N2/c1-14(10-12(13)7-8-12)9-11-5-3-2-4-6-11/h11H,2-10,13H2,1H3. The first-order chi connectivity index (χ1) is 6.68. The van der Waals surface area contributed by atoms with E-state index in [0.717, 1.165) is 12.5 Å². The molecule has 14 heavy (non-hydrogen) atoms. The molecule has 0 saturated heterocycles. The van der Waals surface area contributed by atoms with Gasteiger partial charge in [-0.05, 0) is 38.6 Å². The van der Waals surface area contributed by atoms with Crippen LogP contribution in [0, 0.1) is 5.92 Å². The van der Waals surface area contributed by atoms with E-state index in [1.54, 1.807) is 0 Å². The van der Waals surface area contributed by atoms with Gasteiger partial charge in [0.1, 0.15) is 0 Å². The van der Waals surface area contributed by atoms with Gasteiger partial charge >= 0.3 is 0 Å². The number of rotatable bonds is 4. The van der Waals surface area contributed by atoms with Gasteiger partial charge < -0.3 is 10.6 Å². The van der Waals surface area contributed by atoms with Crippen LogP contribution in [0.25, 0.3) is 0 Å². The minimum absolute atomic E-state index is 0.198. The molecule has 2 rings (SSSR count). The molecule has 2 nitrogen and oxygen atoms in total. The molecule has 2 aliphatic carbocycles. The minimum Gasteiger partial charge on any atom is -0.324 e. The van der Waals surface area contributed by atoms with Crippen molar-refractivity contribution < 1.29 is 0 Å². The zero-order valence-corrected chi connectivity index (χ0v) is 9.47. The monoisotopic (exact) mass is 196 g/mol. The molecule has 82 valence electrons. The van der Waals surface area contributed by atoms with Crippen molar-refractivity contribution in [3.63, 3.8) is 0 Å². The Hall–Kier alpha value is -0.0800. The fraction of sp³-hybridized carbons (Fsp3) is 1.00. The maximum absolute atomic E-state index is 6.11. The molecule has 0 aliphatic heterocycles. The largest absolute Gasteiger partial charge is 0.324 e. The first-order valence-electron chi connectivity index (χ1n) is 6.15. The van der Waals surface area contributed by atoms with Gasteiger partial charge in [0.15, 0.2) is 0 Å². The fourth-order valence-corrected chi connectivity index (χ4v) is 2.73. The molecule has 0 aromatic carbocycles. The SMILES string of the molecule is CN(CC1CCCCC1)CC1(N)CC1. The molecule has 0 aromatic rings. The second-order valence-electron chi connectivity index (χ2n) is 5.56. The van der Waals surface area contributed by atoms with Crippen LogP contribution in [-0.4, -0.2) is 30.6 Å². The Kier molecular flexibility index (Phi) is 3.13. The van der Waals surface area contributed by atoms with E-state index < -0.39 is 0 Å². The number of likely N-dealkylation sites (N-methyl/N-ethyl adjacent to an activating group) is 1. The summed E-state index contributed by atoms with van der Waals surface area (Å²) in [7, 11) is 2.24. The van der Waals surface area contributed by atoms with Crippen LogP contribution >= 0.6 is 0 Å². The van der Waals surface area contributed by atoms with Crippen LogP contribution < -0.4 is 5.73 Å². The van der Waals surface area contributed by atoms with Gasteiger partial charge in [0.2, 0.25) is 0 Å². The van der Waals surface area contributed by atoms with Crippen LogP contribution in [0.4, 0.5) is 0 Å². The predicted octanol–water partition coefficient (Wildman–Crippen LogP) is 1.99. The van der Waals surface area contributed by atoms with Crippen molar-refractivity contribution in [1.29, 1.82) is 0 Å². The van der Waals surface area contributed by atoms with Crippen molar-refractivity contribution in [2.75, 3.05) is 20.1 Å². The molecular formula is C12H24N2. The molecule has 0 unspecified atom stereocenters. The lowest BCUT2D eigenvalue weighted by atomic mass is 9.89. The second kappa shape index (κ2) is 4.19. The van der Waals surface area contributed by atoms with Gasteiger partial charge in [0, 0.05) is 18.6 Å². The number of hydrogen-bond acceptors (Lipinski definition) is 2. The predicted molar refractivity (Wildman–Crippen MR) is 60.2 cm³/mol. The van der Waals surface area contributed by atoms with Crippen molar-refractivity contribution in [3.05, 3.63) is 0 Å². The normalized spacial score (nSPS) is 26.8. The van der Waals surface area contributed by atoms with Gasteiger partial charge in [0.25, 0.3) is 0 Å². The van der Waals surface area contributed by atoms with E-state index in [0.29, 0.717) is 0 Å². The molecule has 0 heterocycles. The lowest BCUT2D eigenvalue weighted by Crippen LogP contribution is -2.39. The van der Waals surface area contributed by atoms with Crippen molar-refractivity contribution in [1.82, 2.24) is 4.90 Å². The molecular weight excluding hydrogens is 172 g/mol. The average molecular weight is 196 g/mol. The van der Waals surface area contributed by atoms with Gasteiger partial charge in [-0.1, -0.05) is 19.3 Å². The topological polar surface area (TPSA) is 29.3 Å². The summed E-state index contributed by atoms with van der Waals surface area (Å²) in [5, 5.41) is 0. The smallest absolute Gasteiger partial charge is 0.0284 e. The van der Waals surface area contributed by atoms with E-state index >= 15 is 0 Å². The highest BCUT2D eigenvalue weighted by molar-refractivity contribution is 5.00. The average Bonchev–Trinajstić information content (AvgIpc) is 2.84. The molecule has 0 bridgehead atoms. The van der Waals surface area contributed by atoms with Crippen molar-refractivity contribution in [3.8, 4) is 0 Å². The van der Waals surface area contributed by atoms with Gasteiger partial charge in [0.05, 0.1) is 0 Å². The first kappa shape index (κ1) is 10.4. The van der Waals surface area contributed by atoms with E-state index in [1.807, 2.05) is 0 Å². The van der Waals surface area contributed by atoms with Crippen molar-refractivity contribution in [2.24, 2.45) is 11.7 Å². The third kappa shape index (κ3) is 2.96. The highest BCUT2D eigenvalue weighted by atomic mass is 15.1. The Morgan fingerprint density at radius 3 is 2.43 bits per heavy atom. The lowest BCUT2D eigenvalue weighted by molar-refractivity contribution is 0.220. The summed E-state index contributed by atoms with van der Waals surface area (Å²) < 4.78 is 0. The fourth-order valence-electron chi connectivity index (χ4n) is 2.73. The first-order valence-corrected chi connectivity index (χ1v) is 6.15. The van der Waals surface area contributed by atoms with Crippen LogP contribution in [0.3, 0.4) is 0 Å². The quantitative estimate of drug-likeness (QED) is 0.745. The zero-order chi connectivity index (χ0) is 10.0. The van der Waals surface area contributed by atoms with E-state index in [2.05, 4.69) is 11.9 Å². The molecule has 2 fully saturated rings. The highest BCUT2D eigenvalue weighted by Gasteiger charge is 2.39. The summed E-state index contributed by atoms with van der Waals surface area (Å²) in [6, 6.07) is 0. The molecule has 2 saturated carbocycles. The summed E-state index contributed by atoms with van der Waals surface area (Å²) >= 11 is 0. The third-order valence-corrected chi connectivity index (χ3v) is 3.77. The Morgan fingerprint density at radius 1 is 1.21 bits per heavy atom. The Bertz CT molecular complexity index is 181. The maximum Gasteiger partial charge on any atom is 0.0284 e. The van der Waals surface area contributed by atoms with Crippen molar-refractivity contribution in [2.45, 2.75) is 50.5 Å². The molecule has 0 atom stereocenters. The van der Waals surface area contributed by atoms with Gasteiger partial charge in [-0.3, -0.25) is 0 Å². The number of hydrogen-bond donors (Lipinski definition) is 1. The summed E-state index contributed by atoms with van der Waals surface area (Å²) in [4.78, 5) is 2.46. The maximum atomic E-state index is 6.11. The Balaban J connectivity index is 1.67. The molecule has 2 heteroatoms. The van der Waals surface area contributed by atoms with Crippen LogP contribution in [0.1, 0.15) is 44.9 Å². The number of nitrogens with zero attached hydrogens (tertiary/aromatic N) is 1. The molecule has 2 N–H and O–H groups in total. The van der Waals surface area contributed by atoms with Gasteiger partial charge in [-0.15, -0.1) is 0 Å². The molecule has 0 radical (unpaired) electrons. The van der Waals surface area contributed by atoms with Crippen LogP contribution in [-0.2, 0) is 0 Å². The molecule has 0 aromatic heterocycles. The Morgan fingerprint density at radius 2 is 1.86 bits per heavy atom. The van der Waals surface area contributed by atoms with Crippen LogP contribution in [0.5, 0.6) is 0 Å². The second-order valence-corrected chi connectivity index (χ2v) is 5.56. The van der Waals surface area contributed by atoms with E-state index in [4.69, 9.17) is 5.73 Å². The van der Waals surface area contributed by atoms with E-state index in [1.165, 1.54) is 51.5 Å². The minimum atomic E-state index is 0.198. The summed E-state index contributed by atoms with van der Waals surface area (Å²) in [5.74, 6) is 0.955. The summed E-state index contributed by atoms with van der Waals surface area (Å²) in [6.45, 7) is 2.39. The van der Waals surface area contributed by atoms with E-state index in [9.17, 15) is 0 Å². The molecule has 0 amide bonds. The number of nitrogens with two attached hydrogens (primary N) is 1. The zero-order valence-electron chi connectivity index (χ0n) is 9.47. The molecule has 2 aliphatic rings. The summed E-state index contributed by atoms with van der Waals surface area (Å²) in [6.07, 6.45) is 9.73. The van der Waals surface area contributed by atoms with Crippen molar-refractivity contribution >= 4 is 0 Å². The van der Waals surface area contributed by atoms with Gasteiger partial charge in [-0.25, -0.2) is 0 Å². The lowest BCUT2D eigenvalue weighted by Gasteiger charge is -2.28. The third-order valence-electron chi connectivity index (χ3n) is 3.77. The van der Waals surface area contributed by atoms with Crippen LogP contribution in [0.15, 0.2) is 0 Å². The highest BCUT2D eigenvalue weighted by Crippen LogP contribution is 2.33.